The van der Waals surface area contributed by atoms with Crippen LogP contribution in [-0.4, -0.2) is 37.2 Å². The molecule has 0 spiro atoms. The number of rotatable bonds is 6. The van der Waals surface area contributed by atoms with Gasteiger partial charge < -0.3 is 19.9 Å². The van der Waals surface area contributed by atoms with Gasteiger partial charge in [0.2, 0.25) is 5.88 Å². The Kier molecular flexibility index (Phi) is 5.53. The number of nitrogens with two attached hydrogens (primary N) is 1. The van der Waals surface area contributed by atoms with E-state index in [0.717, 1.165) is 16.9 Å². The summed E-state index contributed by atoms with van der Waals surface area (Å²) in [6.45, 7) is 1.61. The monoisotopic (exact) mass is 336 g/mol. The molecule has 0 aliphatic heterocycles. The van der Waals surface area contributed by atoms with Crippen LogP contribution >= 0.6 is 11.3 Å². The third kappa shape index (κ3) is 4.19. The van der Waals surface area contributed by atoms with Gasteiger partial charge in [0, 0.05) is 11.3 Å². The van der Waals surface area contributed by atoms with Crippen LogP contribution in [0.5, 0.6) is 5.88 Å². The van der Waals surface area contributed by atoms with Crippen molar-refractivity contribution in [1.29, 1.82) is 0 Å². The third-order valence-corrected chi connectivity index (χ3v) is 3.80. The first-order valence-corrected chi connectivity index (χ1v) is 7.60. The van der Waals surface area contributed by atoms with Crippen LogP contribution in [0.15, 0.2) is 24.3 Å². The van der Waals surface area contributed by atoms with Gasteiger partial charge in [-0.1, -0.05) is 12.1 Å². The number of nitrogen functional groups attached to an aromatic ring is 1. The molecule has 0 atom stereocenters. The van der Waals surface area contributed by atoms with E-state index in [1.165, 1.54) is 7.11 Å². The molecule has 0 saturated heterocycles. The molecule has 23 heavy (non-hydrogen) atoms. The zero-order chi connectivity index (χ0) is 16.8. The minimum absolute atomic E-state index is 0.0346. The van der Waals surface area contributed by atoms with E-state index in [9.17, 15) is 9.59 Å². The molecule has 2 N–H and O–H groups in total. The molecule has 0 amide bonds. The van der Waals surface area contributed by atoms with E-state index in [-0.39, 0.29) is 24.0 Å². The highest BCUT2D eigenvalue weighted by molar-refractivity contribution is 7.17. The number of hydrogen-bond donors (Lipinski definition) is 1. The van der Waals surface area contributed by atoms with Gasteiger partial charge in [0.1, 0.15) is 5.01 Å². The van der Waals surface area contributed by atoms with Crippen molar-refractivity contribution < 1.29 is 23.8 Å². The average Bonchev–Trinajstić information content (AvgIpc) is 2.97. The Balaban J connectivity index is 2.29. The van der Waals surface area contributed by atoms with Gasteiger partial charge >= 0.3 is 11.9 Å². The second-order valence-corrected chi connectivity index (χ2v) is 5.36. The van der Waals surface area contributed by atoms with Gasteiger partial charge in [-0.15, -0.1) is 11.3 Å². The molecular weight excluding hydrogens is 320 g/mol. The Bertz CT molecular complexity index is 714. The lowest BCUT2D eigenvalue weighted by Crippen LogP contribution is -2.15. The third-order valence-electron chi connectivity index (χ3n) is 2.73. The molecule has 0 fully saturated rings. The standard InChI is InChI=1S/C15H16N2O5S/c1-3-21-11(18)8-22-13-12(15(19)20-2)23-14(17-13)9-5-4-6-10(16)7-9/h4-7H,3,8,16H2,1-2H3. The largest absolute Gasteiger partial charge is 0.465 e. The molecule has 0 radical (unpaired) electrons. The van der Waals surface area contributed by atoms with Gasteiger partial charge in [0.15, 0.2) is 11.5 Å². The molecule has 1 aromatic heterocycles. The zero-order valence-corrected chi connectivity index (χ0v) is 13.5. The van der Waals surface area contributed by atoms with Gasteiger partial charge in [-0.05, 0) is 19.1 Å². The summed E-state index contributed by atoms with van der Waals surface area (Å²) in [5.41, 5.74) is 7.07. The van der Waals surface area contributed by atoms with Crippen LogP contribution in [0.25, 0.3) is 10.6 Å². The van der Waals surface area contributed by atoms with Crippen LogP contribution in [0.3, 0.4) is 0 Å². The summed E-state index contributed by atoms with van der Waals surface area (Å²) in [4.78, 5) is 27.7. The van der Waals surface area contributed by atoms with Crippen molar-refractivity contribution in [2.45, 2.75) is 6.92 Å². The maximum atomic E-state index is 11.8. The number of anilines is 1. The maximum absolute atomic E-state index is 11.8. The van der Waals surface area contributed by atoms with Crippen molar-refractivity contribution in [2.75, 3.05) is 26.1 Å². The minimum Gasteiger partial charge on any atom is -0.465 e. The molecule has 7 nitrogen and oxygen atoms in total. The molecule has 1 aromatic carbocycles. The first-order valence-electron chi connectivity index (χ1n) is 6.78. The maximum Gasteiger partial charge on any atom is 0.353 e. The number of carbonyl (C=O) groups excluding carboxylic acids is 2. The second kappa shape index (κ2) is 7.59. The number of thiazole rings is 1. The molecule has 0 unspecified atom stereocenters. The van der Waals surface area contributed by atoms with Gasteiger partial charge in [-0.2, -0.15) is 0 Å². The smallest absolute Gasteiger partial charge is 0.353 e. The van der Waals surface area contributed by atoms with E-state index in [1.54, 1.807) is 25.1 Å². The Hall–Kier alpha value is -2.61. The zero-order valence-electron chi connectivity index (χ0n) is 12.7. The molecule has 8 heteroatoms. The van der Waals surface area contributed by atoms with Crippen LogP contribution in [0.1, 0.15) is 16.6 Å². The molecule has 0 bridgehead atoms. The van der Waals surface area contributed by atoms with Crippen molar-refractivity contribution in [3.05, 3.63) is 29.1 Å². The van der Waals surface area contributed by atoms with Crippen molar-refractivity contribution in [1.82, 2.24) is 4.98 Å². The average molecular weight is 336 g/mol. The molecule has 2 rings (SSSR count). The number of nitrogens with zero attached hydrogens (tertiary/aromatic N) is 1. The first kappa shape index (κ1) is 16.8. The highest BCUT2D eigenvalue weighted by Gasteiger charge is 2.22. The van der Waals surface area contributed by atoms with Crippen LogP contribution in [0.2, 0.25) is 0 Å². The topological polar surface area (TPSA) is 101 Å². The number of hydrogen-bond acceptors (Lipinski definition) is 8. The number of benzene rings is 1. The summed E-state index contributed by atoms with van der Waals surface area (Å²) in [6.07, 6.45) is 0. The molecular formula is C15H16N2O5S. The van der Waals surface area contributed by atoms with E-state index in [4.69, 9.17) is 19.9 Å². The van der Waals surface area contributed by atoms with E-state index in [2.05, 4.69) is 4.98 Å². The number of esters is 2. The van der Waals surface area contributed by atoms with Gasteiger partial charge in [-0.25, -0.2) is 14.6 Å². The molecule has 2 aromatic rings. The van der Waals surface area contributed by atoms with Crippen molar-refractivity contribution in [3.63, 3.8) is 0 Å². The van der Waals surface area contributed by atoms with Crippen LogP contribution in [0, 0.1) is 0 Å². The summed E-state index contributed by atoms with van der Waals surface area (Å²) >= 11 is 1.10. The SMILES string of the molecule is CCOC(=O)COc1nc(-c2cccc(N)c2)sc1C(=O)OC. The van der Waals surface area contributed by atoms with E-state index >= 15 is 0 Å². The van der Waals surface area contributed by atoms with Crippen LogP contribution < -0.4 is 10.5 Å². The number of aromatic nitrogens is 1. The summed E-state index contributed by atoms with van der Waals surface area (Å²) < 4.78 is 14.8. The molecule has 122 valence electrons. The normalized spacial score (nSPS) is 10.2. The van der Waals surface area contributed by atoms with Crippen molar-refractivity contribution in [2.24, 2.45) is 0 Å². The first-order chi connectivity index (χ1) is 11.0. The lowest BCUT2D eigenvalue weighted by molar-refractivity contribution is -0.145. The summed E-state index contributed by atoms with van der Waals surface area (Å²) in [7, 11) is 1.26. The van der Waals surface area contributed by atoms with Crippen molar-refractivity contribution >= 4 is 29.0 Å². The lowest BCUT2D eigenvalue weighted by atomic mass is 10.2. The van der Waals surface area contributed by atoms with Crippen LogP contribution in [-0.2, 0) is 14.3 Å². The van der Waals surface area contributed by atoms with Gasteiger partial charge in [0.25, 0.3) is 0 Å². The fraction of sp³-hybridized carbons (Fsp3) is 0.267. The Labute approximate surface area is 137 Å². The molecule has 0 aliphatic carbocycles. The highest BCUT2D eigenvalue weighted by Crippen LogP contribution is 2.33. The predicted molar refractivity (Wildman–Crippen MR) is 85.4 cm³/mol. The predicted octanol–water partition coefficient (Wildman–Crippen LogP) is 2.12. The summed E-state index contributed by atoms with van der Waals surface area (Å²) in [5, 5.41) is 0.538. The van der Waals surface area contributed by atoms with E-state index in [1.807, 2.05) is 6.07 Å². The summed E-state index contributed by atoms with van der Waals surface area (Å²) in [5.74, 6) is -1.09. The van der Waals surface area contributed by atoms with E-state index in [0.29, 0.717) is 10.7 Å². The Morgan fingerprint density at radius 1 is 1.35 bits per heavy atom. The van der Waals surface area contributed by atoms with Gasteiger partial charge in [-0.3, -0.25) is 0 Å². The fourth-order valence-electron chi connectivity index (χ4n) is 1.75. The van der Waals surface area contributed by atoms with Crippen molar-refractivity contribution in [3.8, 4) is 16.5 Å². The fourth-order valence-corrected chi connectivity index (χ4v) is 2.68. The van der Waals surface area contributed by atoms with Gasteiger partial charge in [0.05, 0.1) is 13.7 Å². The Morgan fingerprint density at radius 2 is 2.13 bits per heavy atom. The quantitative estimate of drug-likeness (QED) is 0.637. The second-order valence-electron chi connectivity index (χ2n) is 4.36. The number of ether oxygens (including phenoxy) is 3. The number of methoxy groups -OCH3 is 1. The number of carbonyl (C=O) groups is 2. The molecule has 0 aliphatic rings. The summed E-state index contributed by atoms with van der Waals surface area (Å²) in [6, 6.07) is 7.07. The Morgan fingerprint density at radius 3 is 2.78 bits per heavy atom. The minimum atomic E-state index is -0.587. The molecule has 0 saturated carbocycles. The van der Waals surface area contributed by atoms with E-state index < -0.39 is 11.9 Å². The highest BCUT2D eigenvalue weighted by atomic mass is 32.1. The lowest BCUT2D eigenvalue weighted by Gasteiger charge is -2.04. The molecule has 1 heterocycles. The van der Waals surface area contributed by atoms with Crippen LogP contribution in [0.4, 0.5) is 5.69 Å².